The Hall–Kier alpha value is -1.14. The van der Waals surface area contributed by atoms with Gasteiger partial charge in [0.25, 0.3) is 0 Å². The maximum atomic E-state index is 12.0. The fourth-order valence-electron chi connectivity index (χ4n) is 2.42. The van der Waals surface area contributed by atoms with Crippen LogP contribution in [0.3, 0.4) is 0 Å². The highest BCUT2D eigenvalue weighted by atomic mass is 16.2. The average molecular weight is 240 g/mol. The number of hydrogen-bond donors (Lipinski definition) is 2. The van der Waals surface area contributed by atoms with Crippen LogP contribution in [-0.4, -0.2) is 67.0 Å². The Morgan fingerprint density at radius 3 is 2.88 bits per heavy atom. The minimum atomic E-state index is -0.254. The summed E-state index contributed by atoms with van der Waals surface area (Å²) in [7, 11) is 0. The maximum absolute atomic E-state index is 12.0. The molecule has 2 rings (SSSR count). The molecule has 2 heterocycles. The van der Waals surface area contributed by atoms with Gasteiger partial charge in [-0.1, -0.05) is 6.92 Å². The molecular weight excluding hydrogens is 220 g/mol. The Kier molecular flexibility index (Phi) is 3.96. The van der Waals surface area contributed by atoms with Gasteiger partial charge in [-0.15, -0.1) is 0 Å². The summed E-state index contributed by atoms with van der Waals surface area (Å²) in [5.41, 5.74) is 0. The highest BCUT2D eigenvalue weighted by molar-refractivity contribution is 5.96. The van der Waals surface area contributed by atoms with Gasteiger partial charge in [-0.05, 0) is 19.5 Å². The van der Waals surface area contributed by atoms with Crippen molar-refractivity contribution < 1.29 is 9.59 Å². The number of imide groups is 1. The van der Waals surface area contributed by atoms with E-state index in [0.29, 0.717) is 25.7 Å². The van der Waals surface area contributed by atoms with Crippen LogP contribution in [0.15, 0.2) is 0 Å². The Balaban J connectivity index is 1.89. The van der Waals surface area contributed by atoms with Crippen molar-refractivity contribution in [3.05, 3.63) is 0 Å². The van der Waals surface area contributed by atoms with Crippen molar-refractivity contribution in [2.75, 3.05) is 39.3 Å². The first-order valence-corrected chi connectivity index (χ1v) is 6.25. The van der Waals surface area contributed by atoms with Crippen LogP contribution in [0, 0.1) is 0 Å². The van der Waals surface area contributed by atoms with E-state index in [2.05, 4.69) is 22.5 Å². The molecule has 17 heavy (non-hydrogen) atoms. The third kappa shape index (κ3) is 2.76. The van der Waals surface area contributed by atoms with E-state index >= 15 is 0 Å². The molecule has 3 amide bonds. The van der Waals surface area contributed by atoms with Crippen LogP contribution in [-0.2, 0) is 4.79 Å². The lowest BCUT2D eigenvalue weighted by Gasteiger charge is -2.27. The second kappa shape index (κ2) is 5.46. The molecule has 96 valence electrons. The van der Waals surface area contributed by atoms with Gasteiger partial charge in [-0.3, -0.25) is 14.6 Å². The first kappa shape index (κ1) is 12.3. The Morgan fingerprint density at radius 2 is 2.35 bits per heavy atom. The molecule has 2 N–H and O–H groups in total. The van der Waals surface area contributed by atoms with E-state index in [-0.39, 0.29) is 11.9 Å². The average Bonchev–Trinajstić information content (AvgIpc) is 2.96. The first-order valence-electron chi connectivity index (χ1n) is 6.25. The van der Waals surface area contributed by atoms with E-state index in [1.165, 1.54) is 4.90 Å². The SMILES string of the molecule is CCN(CC(=O)N1CCNC1=O)C1CCNC1. The molecule has 6 nitrogen and oxygen atoms in total. The van der Waals surface area contributed by atoms with E-state index in [9.17, 15) is 9.59 Å². The normalized spacial score (nSPS) is 24.5. The van der Waals surface area contributed by atoms with Crippen LogP contribution in [0.4, 0.5) is 4.79 Å². The molecule has 0 bridgehead atoms. The van der Waals surface area contributed by atoms with Gasteiger partial charge in [0.1, 0.15) is 0 Å². The molecule has 0 aromatic heterocycles. The number of amides is 3. The third-order valence-corrected chi connectivity index (χ3v) is 3.45. The number of urea groups is 1. The summed E-state index contributed by atoms with van der Waals surface area (Å²) in [4.78, 5) is 26.8. The molecule has 0 saturated carbocycles. The second-order valence-corrected chi connectivity index (χ2v) is 4.49. The Bertz CT molecular complexity index is 302. The number of hydrogen-bond acceptors (Lipinski definition) is 4. The van der Waals surface area contributed by atoms with Gasteiger partial charge in [0, 0.05) is 25.7 Å². The van der Waals surface area contributed by atoms with Crippen LogP contribution in [0.25, 0.3) is 0 Å². The van der Waals surface area contributed by atoms with Crippen molar-refractivity contribution >= 4 is 11.9 Å². The minimum Gasteiger partial charge on any atom is -0.336 e. The van der Waals surface area contributed by atoms with Gasteiger partial charge >= 0.3 is 6.03 Å². The zero-order valence-corrected chi connectivity index (χ0v) is 10.2. The van der Waals surface area contributed by atoms with Gasteiger partial charge in [0.2, 0.25) is 5.91 Å². The van der Waals surface area contributed by atoms with E-state index in [1.807, 2.05) is 0 Å². The standard InChI is InChI=1S/C11H20N4O2/c1-2-14(9-3-4-12-7-9)8-10(16)15-6-5-13-11(15)17/h9,12H,2-8H2,1H3,(H,13,17). The lowest BCUT2D eigenvalue weighted by molar-refractivity contribution is -0.129. The third-order valence-electron chi connectivity index (χ3n) is 3.45. The highest BCUT2D eigenvalue weighted by Crippen LogP contribution is 2.09. The molecule has 6 heteroatoms. The first-order chi connectivity index (χ1) is 8.22. The van der Waals surface area contributed by atoms with E-state index in [0.717, 1.165) is 26.1 Å². The van der Waals surface area contributed by atoms with E-state index < -0.39 is 0 Å². The molecule has 0 aromatic rings. The van der Waals surface area contributed by atoms with Crippen LogP contribution >= 0.6 is 0 Å². The molecule has 0 radical (unpaired) electrons. The molecule has 0 spiro atoms. The van der Waals surface area contributed by atoms with Gasteiger partial charge in [-0.2, -0.15) is 0 Å². The molecule has 2 saturated heterocycles. The van der Waals surface area contributed by atoms with Crippen molar-refractivity contribution in [1.29, 1.82) is 0 Å². The number of rotatable bonds is 4. The molecule has 2 fully saturated rings. The summed E-state index contributed by atoms with van der Waals surface area (Å²) in [5.74, 6) is -0.0891. The van der Waals surface area contributed by atoms with Gasteiger partial charge in [0.15, 0.2) is 0 Å². The van der Waals surface area contributed by atoms with Crippen LogP contribution < -0.4 is 10.6 Å². The van der Waals surface area contributed by atoms with E-state index in [1.54, 1.807) is 0 Å². The molecule has 1 unspecified atom stereocenters. The molecule has 1 atom stereocenters. The molecule has 2 aliphatic heterocycles. The fourth-order valence-corrected chi connectivity index (χ4v) is 2.42. The summed E-state index contributed by atoms with van der Waals surface area (Å²) in [5, 5.41) is 5.94. The largest absolute Gasteiger partial charge is 0.336 e. The topological polar surface area (TPSA) is 64.7 Å². The lowest BCUT2D eigenvalue weighted by atomic mass is 10.2. The maximum Gasteiger partial charge on any atom is 0.324 e. The van der Waals surface area contributed by atoms with Gasteiger partial charge < -0.3 is 10.6 Å². The number of likely N-dealkylation sites (N-methyl/N-ethyl adjacent to an activating group) is 1. The van der Waals surface area contributed by atoms with Crippen molar-refractivity contribution in [2.24, 2.45) is 0 Å². The number of nitrogens with one attached hydrogen (secondary N) is 2. The number of carbonyl (C=O) groups excluding carboxylic acids is 2. The lowest BCUT2D eigenvalue weighted by Crippen LogP contribution is -2.46. The monoisotopic (exact) mass is 240 g/mol. The second-order valence-electron chi connectivity index (χ2n) is 4.49. The fraction of sp³-hybridized carbons (Fsp3) is 0.818. The van der Waals surface area contributed by atoms with Crippen LogP contribution in [0.2, 0.25) is 0 Å². The molecule has 0 aliphatic carbocycles. The van der Waals surface area contributed by atoms with Crippen molar-refractivity contribution in [3.8, 4) is 0 Å². The van der Waals surface area contributed by atoms with Crippen LogP contribution in [0.5, 0.6) is 0 Å². The van der Waals surface area contributed by atoms with Crippen LogP contribution in [0.1, 0.15) is 13.3 Å². The predicted molar refractivity (Wildman–Crippen MR) is 63.6 cm³/mol. The smallest absolute Gasteiger partial charge is 0.324 e. The van der Waals surface area contributed by atoms with Crippen molar-refractivity contribution in [1.82, 2.24) is 20.4 Å². The number of nitrogens with zero attached hydrogens (tertiary/aromatic N) is 2. The Morgan fingerprint density at radius 1 is 1.53 bits per heavy atom. The minimum absolute atomic E-state index is 0.0891. The molecule has 2 aliphatic rings. The van der Waals surface area contributed by atoms with Gasteiger partial charge in [-0.25, -0.2) is 4.79 Å². The molecule has 0 aromatic carbocycles. The van der Waals surface area contributed by atoms with Gasteiger partial charge in [0.05, 0.1) is 6.54 Å². The van der Waals surface area contributed by atoms with Crippen molar-refractivity contribution in [3.63, 3.8) is 0 Å². The zero-order valence-electron chi connectivity index (χ0n) is 10.2. The summed E-state index contributed by atoms with van der Waals surface area (Å²) in [6.07, 6.45) is 1.08. The quantitative estimate of drug-likeness (QED) is 0.677. The summed E-state index contributed by atoms with van der Waals surface area (Å²) < 4.78 is 0. The predicted octanol–water partition coefficient (Wildman–Crippen LogP) is -0.778. The summed E-state index contributed by atoms with van der Waals surface area (Å²) in [6.45, 7) is 6.26. The van der Waals surface area contributed by atoms with Crippen molar-refractivity contribution in [2.45, 2.75) is 19.4 Å². The zero-order chi connectivity index (χ0) is 12.3. The highest BCUT2D eigenvalue weighted by Gasteiger charge is 2.29. The Labute approximate surface area is 101 Å². The molecular formula is C11H20N4O2. The summed E-state index contributed by atoms with van der Waals surface area (Å²) in [6, 6.07) is 0.171. The number of carbonyl (C=O) groups is 2. The summed E-state index contributed by atoms with van der Waals surface area (Å²) >= 11 is 0. The van der Waals surface area contributed by atoms with E-state index in [4.69, 9.17) is 0 Å².